The maximum absolute atomic E-state index is 5.50. The Balaban J connectivity index is 1.39. The minimum Gasteiger partial charge on any atom is -0.292 e. The van der Waals surface area contributed by atoms with Crippen LogP contribution < -0.4 is 0 Å². The van der Waals surface area contributed by atoms with E-state index in [0.717, 1.165) is 56.1 Å². The number of thiophene rings is 1. The summed E-state index contributed by atoms with van der Waals surface area (Å²) < 4.78 is 4.89. The van der Waals surface area contributed by atoms with Crippen molar-refractivity contribution in [2.45, 2.75) is 6.92 Å². The number of allylic oxidation sites excluding steroid dienone is 5. The Morgan fingerprint density at radius 1 is 0.644 bits per heavy atom. The lowest BCUT2D eigenvalue weighted by Gasteiger charge is -2.22. The molecule has 5 aromatic carbocycles. The van der Waals surface area contributed by atoms with Crippen LogP contribution in [0.1, 0.15) is 18.1 Å². The Bertz CT molecular complexity index is 2580. The van der Waals surface area contributed by atoms with Gasteiger partial charge in [0.1, 0.15) is 0 Å². The molecule has 0 unspecified atom stereocenters. The van der Waals surface area contributed by atoms with Gasteiger partial charge >= 0.3 is 0 Å². The lowest BCUT2D eigenvalue weighted by molar-refractivity contribution is 1.05. The molecule has 8 aromatic rings. The second-order valence-corrected chi connectivity index (χ2v) is 12.5. The molecule has 212 valence electrons. The van der Waals surface area contributed by atoms with Gasteiger partial charge in [-0.1, -0.05) is 110 Å². The van der Waals surface area contributed by atoms with E-state index in [1.165, 1.54) is 36.5 Å². The Kier molecular flexibility index (Phi) is 5.74. The summed E-state index contributed by atoms with van der Waals surface area (Å²) in [4.78, 5) is 10.7. The first kappa shape index (κ1) is 25.9. The van der Waals surface area contributed by atoms with E-state index in [2.05, 4.69) is 133 Å². The van der Waals surface area contributed by atoms with Crippen LogP contribution in [-0.2, 0) is 0 Å². The van der Waals surface area contributed by atoms with Gasteiger partial charge in [-0.15, -0.1) is 11.3 Å². The third kappa shape index (κ3) is 3.76. The summed E-state index contributed by atoms with van der Waals surface area (Å²) in [6.07, 6.45) is 7.94. The van der Waals surface area contributed by atoms with Crippen molar-refractivity contribution in [3.63, 3.8) is 0 Å². The summed E-state index contributed by atoms with van der Waals surface area (Å²) >= 11 is 1.85. The second kappa shape index (κ2) is 9.98. The van der Waals surface area contributed by atoms with Crippen LogP contribution in [0.15, 0.2) is 140 Å². The average molecular weight is 594 g/mol. The van der Waals surface area contributed by atoms with E-state index in [-0.39, 0.29) is 0 Å². The molecular formula is C41H27N3S. The normalized spacial score (nSPS) is 14.5. The number of fused-ring (bicyclic) bond motifs is 12. The van der Waals surface area contributed by atoms with Gasteiger partial charge in [-0.25, -0.2) is 4.98 Å². The van der Waals surface area contributed by atoms with Gasteiger partial charge in [0, 0.05) is 42.1 Å². The molecule has 0 N–H and O–H groups in total. The van der Waals surface area contributed by atoms with Crippen molar-refractivity contribution in [2.75, 3.05) is 0 Å². The Labute approximate surface area is 264 Å². The van der Waals surface area contributed by atoms with Crippen LogP contribution in [0.25, 0.3) is 81.5 Å². The van der Waals surface area contributed by atoms with Crippen molar-refractivity contribution in [2.24, 2.45) is 0 Å². The van der Waals surface area contributed by atoms with E-state index in [4.69, 9.17) is 9.97 Å². The smallest absolute Gasteiger partial charge is 0.156 e. The van der Waals surface area contributed by atoms with Crippen LogP contribution in [0.5, 0.6) is 0 Å². The largest absolute Gasteiger partial charge is 0.292 e. The minimum atomic E-state index is 0.801. The molecule has 3 heterocycles. The number of rotatable bonds is 3. The fourth-order valence-electron chi connectivity index (χ4n) is 7.06. The molecule has 0 bridgehead atoms. The van der Waals surface area contributed by atoms with Crippen molar-refractivity contribution in [3.8, 4) is 28.3 Å². The molecule has 0 saturated heterocycles. The van der Waals surface area contributed by atoms with Crippen molar-refractivity contribution in [3.05, 3.63) is 151 Å². The van der Waals surface area contributed by atoms with Gasteiger partial charge in [-0.2, -0.15) is 0 Å². The maximum atomic E-state index is 5.50. The third-order valence-corrected chi connectivity index (χ3v) is 10.2. The zero-order chi connectivity index (χ0) is 30.1. The van der Waals surface area contributed by atoms with Gasteiger partial charge in [0.2, 0.25) is 0 Å². The quantitative estimate of drug-likeness (QED) is 0.191. The van der Waals surface area contributed by atoms with Crippen LogP contribution in [0.4, 0.5) is 0 Å². The topological polar surface area (TPSA) is 30.7 Å². The first-order chi connectivity index (χ1) is 22.2. The van der Waals surface area contributed by atoms with Crippen LogP contribution in [0, 0.1) is 0 Å². The molecule has 0 fully saturated rings. The molecule has 0 atom stereocenters. The maximum Gasteiger partial charge on any atom is 0.156 e. The molecule has 0 radical (unpaired) electrons. The Hall–Kier alpha value is -5.58. The number of nitrogens with zero attached hydrogens (tertiary/aromatic N) is 3. The van der Waals surface area contributed by atoms with E-state index in [0.29, 0.717) is 0 Å². The fourth-order valence-corrected chi connectivity index (χ4v) is 8.17. The van der Waals surface area contributed by atoms with E-state index >= 15 is 0 Å². The Morgan fingerprint density at radius 3 is 2.16 bits per heavy atom. The zero-order valence-electron chi connectivity index (χ0n) is 24.7. The lowest BCUT2D eigenvalue weighted by atomic mass is 9.84. The number of benzene rings is 5. The zero-order valence-corrected chi connectivity index (χ0v) is 25.5. The highest BCUT2D eigenvalue weighted by Gasteiger charge is 2.25. The number of aromatic nitrogens is 3. The average Bonchev–Trinajstić information content (AvgIpc) is 3.63. The molecular weight excluding hydrogens is 567 g/mol. The monoisotopic (exact) mass is 593 g/mol. The fraction of sp³-hybridized carbons (Fsp3) is 0.0244. The molecule has 45 heavy (non-hydrogen) atoms. The number of hydrogen-bond donors (Lipinski definition) is 0. The highest BCUT2D eigenvalue weighted by molar-refractivity contribution is 7.26. The highest BCUT2D eigenvalue weighted by atomic mass is 32.1. The van der Waals surface area contributed by atoms with Crippen LogP contribution in [0.3, 0.4) is 0 Å². The SMILES string of the molecule is C=C/C=C\C1=C(/C)c2ccccc2-c2ncc(-n3c4ccccc4c4c5c(ccc43)sc3ccccc35)nc2-c2ccccc21. The molecule has 0 saturated carbocycles. The molecule has 1 aliphatic rings. The minimum absolute atomic E-state index is 0.801. The standard InChI is InChI=1S/C41H27N3S/c1-3-4-13-26-25(2)27-14-5-7-16-29(27)40-41(30-17-8-6-15-28(26)30)43-37(24-42-40)44-33-20-11-9-18-31(33)38-34(44)22-23-36-39(38)32-19-10-12-21-35(32)45-36/h3-24H,1H2,2H3/b13-4-,26-25-,27-25?,28-26?,40-29?,41-30?. The first-order valence-electron chi connectivity index (χ1n) is 15.1. The van der Waals surface area contributed by atoms with Crippen LogP contribution in [-0.4, -0.2) is 14.5 Å². The van der Waals surface area contributed by atoms with Gasteiger partial charge in [0.05, 0.1) is 28.6 Å². The first-order valence-corrected chi connectivity index (χ1v) is 15.9. The van der Waals surface area contributed by atoms with E-state index in [9.17, 15) is 0 Å². The summed E-state index contributed by atoms with van der Waals surface area (Å²) in [5.41, 5.74) is 10.8. The summed E-state index contributed by atoms with van der Waals surface area (Å²) in [7, 11) is 0. The molecule has 0 spiro atoms. The summed E-state index contributed by atoms with van der Waals surface area (Å²) in [5, 5.41) is 5.08. The number of hydrogen-bond acceptors (Lipinski definition) is 3. The lowest BCUT2D eigenvalue weighted by Crippen LogP contribution is -2.06. The summed E-state index contributed by atoms with van der Waals surface area (Å²) in [5.74, 6) is 0.801. The Morgan fingerprint density at radius 2 is 1.33 bits per heavy atom. The van der Waals surface area contributed by atoms with Crippen molar-refractivity contribution in [1.82, 2.24) is 14.5 Å². The molecule has 1 aliphatic carbocycles. The van der Waals surface area contributed by atoms with Crippen molar-refractivity contribution >= 4 is 64.5 Å². The molecule has 4 heteroatoms. The predicted molar refractivity (Wildman–Crippen MR) is 192 cm³/mol. The van der Waals surface area contributed by atoms with Gasteiger partial charge in [0.15, 0.2) is 5.82 Å². The second-order valence-electron chi connectivity index (χ2n) is 11.4. The molecule has 0 amide bonds. The van der Waals surface area contributed by atoms with Gasteiger partial charge < -0.3 is 0 Å². The van der Waals surface area contributed by atoms with Crippen LogP contribution in [0.2, 0.25) is 0 Å². The van der Waals surface area contributed by atoms with E-state index < -0.39 is 0 Å². The van der Waals surface area contributed by atoms with Crippen LogP contribution >= 0.6 is 11.3 Å². The van der Waals surface area contributed by atoms with E-state index in [1.807, 2.05) is 29.7 Å². The van der Waals surface area contributed by atoms with Gasteiger partial charge in [-0.05, 0) is 53.5 Å². The highest BCUT2D eigenvalue weighted by Crippen LogP contribution is 2.45. The number of para-hydroxylation sites is 1. The summed E-state index contributed by atoms with van der Waals surface area (Å²) in [6.45, 7) is 6.13. The van der Waals surface area contributed by atoms with Gasteiger partial charge in [-0.3, -0.25) is 9.55 Å². The molecule has 3 aromatic heterocycles. The molecule has 0 aliphatic heterocycles. The van der Waals surface area contributed by atoms with Crippen molar-refractivity contribution < 1.29 is 0 Å². The molecule has 3 nitrogen and oxygen atoms in total. The predicted octanol–water partition coefficient (Wildman–Crippen LogP) is 11.3. The van der Waals surface area contributed by atoms with E-state index in [1.54, 1.807) is 0 Å². The van der Waals surface area contributed by atoms with Crippen molar-refractivity contribution in [1.29, 1.82) is 0 Å². The molecule has 9 rings (SSSR count). The van der Waals surface area contributed by atoms with Gasteiger partial charge in [0.25, 0.3) is 0 Å². The third-order valence-electron chi connectivity index (χ3n) is 9.03. The summed E-state index contributed by atoms with van der Waals surface area (Å²) in [6, 6.07) is 39.0.